The largest absolute Gasteiger partial charge is 0.321 e. The van der Waals surface area contributed by atoms with Gasteiger partial charge in [-0.1, -0.05) is 29.8 Å². The summed E-state index contributed by atoms with van der Waals surface area (Å²) >= 11 is 0. The van der Waals surface area contributed by atoms with Gasteiger partial charge in [0.25, 0.3) is 5.91 Å². The predicted octanol–water partition coefficient (Wildman–Crippen LogP) is 4.81. The summed E-state index contributed by atoms with van der Waals surface area (Å²) in [6.07, 6.45) is 0. The lowest BCUT2D eigenvalue weighted by molar-refractivity contribution is 0.102. The minimum absolute atomic E-state index is 0.245. The molecule has 0 saturated carbocycles. The Kier molecular flexibility index (Phi) is 5.50. The number of hydrogen-bond acceptors (Lipinski definition) is 4. The molecule has 1 heterocycles. The molecular weight excluding hydrogens is 336 g/mol. The molecule has 138 valence electrons. The molecule has 0 bridgehead atoms. The monoisotopic (exact) mass is 360 g/mol. The molecular formula is C22H24N4O. The molecule has 0 aliphatic rings. The lowest BCUT2D eigenvalue weighted by Crippen LogP contribution is -2.22. The normalized spacial score (nSPS) is 10.5. The van der Waals surface area contributed by atoms with Crippen LogP contribution in [0.3, 0.4) is 0 Å². The number of hydrogen-bond donors (Lipinski definition) is 1. The Labute approximate surface area is 160 Å². The molecule has 0 fully saturated rings. The third-order valence-corrected chi connectivity index (χ3v) is 4.26. The van der Waals surface area contributed by atoms with Gasteiger partial charge in [0.1, 0.15) is 5.69 Å². The van der Waals surface area contributed by atoms with E-state index in [0.29, 0.717) is 18.2 Å². The molecule has 0 spiro atoms. The van der Waals surface area contributed by atoms with Crippen LogP contribution in [0.25, 0.3) is 0 Å². The summed E-state index contributed by atoms with van der Waals surface area (Å²) in [6.45, 7) is 8.68. The number of anilines is 3. The molecule has 1 amide bonds. The predicted molar refractivity (Wildman–Crippen MR) is 110 cm³/mol. The number of carbonyl (C=O) groups excluding carboxylic acids is 1. The molecule has 0 atom stereocenters. The van der Waals surface area contributed by atoms with Gasteiger partial charge in [-0.25, -0.2) is 9.97 Å². The Hall–Kier alpha value is -3.21. The van der Waals surface area contributed by atoms with Crippen LogP contribution >= 0.6 is 0 Å². The molecule has 2 aromatic carbocycles. The minimum atomic E-state index is -0.245. The highest BCUT2D eigenvalue weighted by atomic mass is 16.1. The van der Waals surface area contributed by atoms with E-state index >= 15 is 0 Å². The van der Waals surface area contributed by atoms with Gasteiger partial charge in [-0.15, -0.1) is 0 Å². The van der Waals surface area contributed by atoms with Crippen LogP contribution in [-0.2, 0) is 0 Å². The number of amides is 1. The van der Waals surface area contributed by atoms with Crippen LogP contribution in [0.2, 0.25) is 0 Å². The smallest absolute Gasteiger partial charge is 0.274 e. The van der Waals surface area contributed by atoms with Crippen molar-refractivity contribution in [2.75, 3.05) is 16.8 Å². The van der Waals surface area contributed by atoms with Crippen molar-refractivity contribution in [2.45, 2.75) is 27.7 Å². The first-order valence-electron chi connectivity index (χ1n) is 9.04. The number of aryl methyl sites for hydroxylation is 3. The molecule has 5 heteroatoms. The van der Waals surface area contributed by atoms with Gasteiger partial charge in [0.15, 0.2) is 0 Å². The first kappa shape index (κ1) is 18.6. The van der Waals surface area contributed by atoms with E-state index < -0.39 is 0 Å². The lowest BCUT2D eigenvalue weighted by Gasteiger charge is -2.22. The van der Waals surface area contributed by atoms with Crippen LogP contribution in [0.1, 0.15) is 34.2 Å². The first-order valence-corrected chi connectivity index (χ1v) is 9.04. The van der Waals surface area contributed by atoms with Crippen molar-refractivity contribution in [3.05, 3.63) is 77.1 Å². The van der Waals surface area contributed by atoms with Gasteiger partial charge in [-0.2, -0.15) is 0 Å². The Balaban J connectivity index is 1.90. The average molecular weight is 360 g/mol. The molecule has 0 aliphatic carbocycles. The fourth-order valence-electron chi connectivity index (χ4n) is 2.86. The van der Waals surface area contributed by atoms with E-state index in [-0.39, 0.29) is 5.91 Å². The summed E-state index contributed by atoms with van der Waals surface area (Å²) < 4.78 is 0. The second kappa shape index (κ2) is 7.99. The molecule has 1 aromatic heterocycles. The Bertz CT molecular complexity index is 951. The van der Waals surface area contributed by atoms with Crippen LogP contribution < -0.4 is 10.2 Å². The molecule has 5 nitrogen and oxygen atoms in total. The van der Waals surface area contributed by atoms with Crippen molar-refractivity contribution in [3.8, 4) is 0 Å². The molecule has 27 heavy (non-hydrogen) atoms. The quantitative estimate of drug-likeness (QED) is 0.709. The maximum atomic E-state index is 12.7. The van der Waals surface area contributed by atoms with E-state index in [1.807, 2.05) is 62.1 Å². The molecule has 0 radical (unpaired) electrons. The molecule has 3 rings (SSSR count). The van der Waals surface area contributed by atoms with Crippen molar-refractivity contribution < 1.29 is 4.79 Å². The van der Waals surface area contributed by atoms with Gasteiger partial charge in [0.05, 0.1) is 0 Å². The van der Waals surface area contributed by atoms with Crippen LogP contribution in [0.4, 0.5) is 17.3 Å². The van der Waals surface area contributed by atoms with E-state index in [2.05, 4.69) is 34.3 Å². The van der Waals surface area contributed by atoms with Gasteiger partial charge in [0.2, 0.25) is 5.95 Å². The summed E-state index contributed by atoms with van der Waals surface area (Å²) in [5.41, 5.74) is 5.16. The van der Waals surface area contributed by atoms with E-state index in [1.165, 1.54) is 0 Å². The zero-order valence-electron chi connectivity index (χ0n) is 16.2. The van der Waals surface area contributed by atoms with Crippen LogP contribution in [0.5, 0.6) is 0 Å². The van der Waals surface area contributed by atoms with Gasteiger partial charge in [-0.3, -0.25) is 4.79 Å². The number of nitrogens with one attached hydrogen (secondary N) is 1. The van der Waals surface area contributed by atoms with Crippen LogP contribution in [0, 0.1) is 20.8 Å². The van der Waals surface area contributed by atoms with E-state index in [0.717, 1.165) is 28.2 Å². The van der Waals surface area contributed by atoms with Gasteiger partial charge < -0.3 is 10.2 Å². The number of benzene rings is 2. The van der Waals surface area contributed by atoms with E-state index in [1.54, 1.807) is 6.07 Å². The summed E-state index contributed by atoms with van der Waals surface area (Å²) in [6, 6.07) is 17.6. The summed E-state index contributed by atoms with van der Waals surface area (Å²) in [5.74, 6) is 0.281. The highest BCUT2D eigenvalue weighted by Gasteiger charge is 2.16. The average Bonchev–Trinajstić information content (AvgIpc) is 2.64. The van der Waals surface area contributed by atoms with Crippen molar-refractivity contribution >= 4 is 23.2 Å². The second-order valence-electron chi connectivity index (χ2n) is 6.60. The number of nitrogens with zero attached hydrogens (tertiary/aromatic N) is 3. The highest BCUT2D eigenvalue weighted by molar-refractivity contribution is 6.03. The summed E-state index contributed by atoms with van der Waals surface area (Å²) in [5, 5.41) is 2.90. The molecule has 0 aliphatic heterocycles. The number of rotatable bonds is 5. The second-order valence-corrected chi connectivity index (χ2v) is 6.60. The Morgan fingerprint density at radius 2 is 1.70 bits per heavy atom. The van der Waals surface area contributed by atoms with Crippen LogP contribution in [0.15, 0.2) is 54.6 Å². The molecule has 3 aromatic rings. The fraction of sp³-hybridized carbons (Fsp3) is 0.227. The Morgan fingerprint density at radius 3 is 2.37 bits per heavy atom. The van der Waals surface area contributed by atoms with Gasteiger partial charge in [-0.05, 0) is 63.6 Å². The third kappa shape index (κ3) is 4.50. The lowest BCUT2D eigenvalue weighted by atomic mass is 10.2. The number of aromatic nitrogens is 2. The summed E-state index contributed by atoms with van der Waals surface area (Å²) in [7, 11) is 0. The van der Waals surface area contributed by atoms with Crippen molar-refractivity contribution in [3.63, 3.8) is 0 Å². The zero-order valence-corrected chi connectivity index (χ0v) is 16.2. The molecule has 1 N–H and O–H groups in total. The maximum absolute atomic E-state index is 12.7. The zero-order chi connectivity index (χ0) is 19.4. The standard InChI is InChI=1S/C22H24N4O/c1-5-26(19-8-6-7-16(3)13-19)22-23-17(4)14-20(25-22)21(27)24-18-11-9-15(2)10-12-18/h6-14H,5H2,1-4H3,(H,24,27). The SMILES string of the molecule is CCN(c1cccc(C)c1)c1nc(C)cc(C(=O)Nc2ccc(C)cc2)n1. The maximum Gasteiger partial charge on any atom is 0.274 e. The Morgan fingerprint density at radius 1 is 0.963 bits per heavy atom. The summed E-state index contributed by atoms with van der Waals surface area (Å²) in [4.78, 5) is 23.8. The van der Waals surface area contributed by atoms with Gasteiger partial charge >= 0.3 is 0 Å². The van der Waals surface area contributed by atoms with Crippen molar-refractivity contribution in [1.82, 2.24) is 9.97 Å². The van der Waals surface area contributed by atoms with E-state index in [9.17, 15) is 4.79 Å². The van der Waals surface area contributed by atoms with E-state index in [4.69, 9.17) is 0 Å². The highest BCUT2D eigenvalue weighted by Crippen LogP contribution is 2.23. The topological polar surface area (TPSA) is 58.1 Å². The van der Waals surface area contributed by atoms with Crippen molar-refractivity contribution in [1.29, 1.82) is 0 Å². The van der Waals surface area contributed by atoms with Crippen molar-refractivity contribution in [2.24, 2.45) is 0 Å². The first-order chi connectivity index (χ1) is 13.0. The fourth-order valence-corrected chi connectivity index (χ4v) is 2.86. The third-order valence-electron chi connectivity index (χ3n) is 4.26. The van der Waals surface area contributed by atoms with Gasteiger partial charge in [0, 0.05) is 23.6 Å². The number of carbonyl (C=O) groups is 1. The molecule has 0 saturated heterocycles. The van der Waals surface area contributed by atoms with Crippen LogP contribution in [-0.4, -0.2) is 22.4 Å². The molecule has 0 unspecified atom stereocenters. The minimum Gasteiger partial charge on any atom is -0.321 e.